The number of nitrogens with one attached hydrogen (secondary N) is 1. The molecule has 1 atom stereocenters. The molecule has 3 nitrogen and oxygen atoms in total. The molecule has 0 aliphatic carbocycles. The fraction of sp³-hybridized carbons (Fsp3) is 0.619. The summed E-state index contributed by atoms with van der Waals surface area (Å²) in [6, 6.07) is 4.55. The topological polar surface area (TPSA) is 35.5 Å². The normalized spacial score (nSPS) is 18.4. The van der Waals surface area contributed by atoms with Crippen LogP contribution in [-0.4, -0.2) is 36.2 Å². The molecule has 2 N–H and O–H groups in total. The second-order valence-electron chi connectivity index (χ2n) is 8.93. The Kier molecular flexibility index (Phi) is 5.46. The van der Waals surface area contributed by atoms with E-state index in [9.17, 15) is 5.11 Å². The van der Waals surface area contributed by atoms with Gasteiger partial charge in [0.1, 0.15) is 5.75 Å². The van der Waals surface area contributed by atoms with E-state index in [4.69, 9.17) is 0 Å². The summed E-state index contributed by atoms with van der Waals surface area (Å²) in [5.74, 6) is 0.446. The summed E-state index contributed by atoms with van der Waals surface area (Å²) < 4.78 is 0. The second-order valence-corrected chi connectivity index (χ2v) is 8.93. The maximum Gasteiger partial charge on any atom is 0.123 e. The van der Waals surface area contributed by atoms with Crippen LogP contribution in [0.15, 0.2) is 24.8 Å². The lowest BCUT2D eigenvalue weighted by molar-refractivity contribution is 0.203. The van der Waals surface area contributed by atoms with E-state index in [1.807, 2.05) is 6.08 Å². The Bertz CT molecular complexity index is 552. The molecule has 1 aromatic carbocycles. The molecule has 24 heavy (non-hydrogen) atoms. The first-order valence-corrected chi connectivity index (χ1v) is 9.01. The van der Waals surface area contributed by atoms with E-state index in [0.717, 1.165) is 37.3 Å². The van der Waals surface area contributed by atoms with Crippen molar-refractivity contribution in [1.29, 1.82) is 0 Å². The van der Waals surface area contributed by atoms with Crippen LogP contribution in [0.3, 0.4) is 0 Å². The first-order valence-electron chi connectivity index (χ1n) is 9.01. The summed E-state index contributed by atoms with van der Waals surface area (Å²) in [5, 5.41) is 14.3. The Morgan fingerprint density at radius 3 is 1.88 bits per heavy atom. The average Bonchev–Trinajstić information content (AvgIpc) is 2.48. The van der Waals surface area contributed by atoms with Crippen LogP contribution < -0.4 is 5.32 Å². The quantitative estimate of drug-likeness (QED) is 0.818. The number of phenolic OH excluding ortho intramolecular Hbond substituents is 1. The molecule has 0 bridgehead atoms. The van der Waals surface area contributed by atoms with Gasteiger partial charge in [-0.2, -0.15) is 0 Å². The molecule has 134 valence electrons. The Morgan fingerprint density at radius 2 is 1.50 bits per heavy atom. The summed E-state index contributed by atoms with van der Waals surface area (Å²) in [6.45, 7) is 21.1. The van der Waals surface area contributed by atoms with Gasteiger partial charge in [-0.25, -0.2) is 0 Å². The molecule has 0 unspecified atom stereocenters. The first kappa shape index (κ1) is 19.0. The summed E-state index contributed by atoms with van der Waals surface area (Å²) in [4.78, 5) is 2.47. The fourth-order valence-corrected chi connectivity index (χ4v) is 3.43. The van der Waals surface area contributed by atoms with Gasteiger partial charge >= 0.3 is 0 Å². The predicted octanol–water partition coefficient (Wildman–Crippen LogP) is 4.12. The van der Waals surface area contributed by atoms with Crippen molar-refractivity contribution in [2.75, 3.05) is 26.2 Å². The van der Waals surface area contributed by atoms with E-state index in [1.54, 1.807) is 0 Å². The number of hydrogen-bond donors (Lipinski definition) is 2. The molecule has 0 radical (unpaired) electrons. The smallest absolute Gasteiger partial charge is 0.123 e. The number of rotatable bonds is 3. The van der Waals surface area contributed by atoms with Crippen molar-refractivity contribution in [2.45, 2.75) is 58.4 Å². The van der Waals surface area contributed by atoms with Gasteiger partial charge in [-0.05, 0) is 39.7 Å². The Labute approximate surface area is 147 Å². The summed E-state index contributed by atoms with van der Waals surface area (Å²) >= 11 is 0. The number of nitrogens with zero attached hydrogens (tertiary/aromatic N) is 1. The van der Waals surface area contributed by atoms with Gasteiger partial charge in [0, 0.05) is 26.2 Å². The van der Waals surface area contributed by atoms with Crippen LogP contribution in [0.1, 0.15) is 64.3 Å². The van der Waals surface area contributed by atoms with Crippen LogP contribution >= 0.6 is 0 Å². The summed E-state index contributed by atoms with van der Waals surface area (Å²) in [7, 11) is 0. The molecule has 2 rings (SSSR count). The minimum atomic E-state index is -0.102. The van der Waals surface area contributed by atoms with Gasteiger partial charge in [0.25, 0.3) is 0 Å². The van der Waals surface area contributed by atoms with Crippen molar-refractivity contribution in [3.8, 4) is 5.75 Å². The summed E-state index contributed by atoms with van der Waals surface area (Å²) in [5.41, 5.74) is 3.07. The van der Waals surface area contributed by atoms with Gasteiger partial charge in [-0.3, -0.25) is 4.90 Å². The highest BCUT2D eigenvalue weighted by Crippen LogP contribution is 2.41. The minimum absolute atomic E-state index is 0.102. The van der Waals surface area contributed by atoms with E-state index in [-0.39, 0.29) is 16.9 Å². The highest BCUT2D eigenvalue weighted by atomic mass is 16.3. The molecule has 1 aliphatic rings. The van der Waals surface area contributed by atoms with Gasteiger partial charge in [0.05, 0.1) is 6.04 Å². The van der Waals surface area contributed by atoms with Crippen LogP contribution in [0.2, 0.25) is 0 Å². The minimum Gasteiger partial charge on any atom is -0.507 e. The van der Waals surface area contributed by atoms with Crippen molar-refractivity contribution >= 4 is 0 Å². The van der Waals surface area contributed by atoms with Gasteiger partial charge in [0.15, 0.2) is 0 Å². The molecular weight excluding hydrogens is 296 g/mol. The molecule has 1 aliphatic heterocycles. The number of aromatic hydroxyl groups is 1. The van der Waals surface area contributed by atoms with Crippen molar-refractivity contribution in [2.24, 2.45) is 0 Å². The molecule has 3 heteroatoms. The van der Waals surface area contributed by atoms with E-state index >= 15 is 0 Å². The van der Waals surface area contributed by atoms with Gasteiger partial charge < -0.3 is 10.4 Å². The largest absolute Gasteiger partial charge is 0.507 e. The summed E-state index contributed by atoms with van der Waals surface area (Å²) in [6.07, 6.45) is 2.04. The third-order valence-corrected chi connectivity index (χ3v) is 4.86. The van der Waals surface area contributed by atoms with E-state index in [0.29, 0.717) is 5.75 Å². The molecular formula is C21H34N2O. The van der Waals surface area contributed by atoms with Crippen LogP contribution in [0.25, 0.3) is 0 Å². The number of piperazine rings is 1. The zero-order valence-electron chi connectivity index (χ0n) is 16.2. The Hall–Kier alpha value is -1.32. The third-order valence-electron chi connectivity index (χ3n) is 4.86. The maximum atomic E-state index is 10.9. The van der Waals surface area contributed by atoms with Gasteiger partial charge in [-0.1, -0.05) is 47.6 Å². The monoisotopic (exact) mass is 330 g/mol. The van der Waals surface area contributed by atoms with Crippen molar-refractivity contribution in [1.82, 2.24) is 10.2 Å². The third kappa shape index (κ3) is 4.01. The highest BCUT2D eigenvalue weighted by molar-refractivity contribution is 5.51. The van der Waals surface area contributed by atoms with Crippen LogP contribution in [0, 0.1) is 0 Å². The Balaban J connectivity index is 2.58. The zero-order chi connectivity index (χ0) is 18.1. The lowest BCUT2D eigenvalue weighted by atomic mass is 9.77. The average molecular weight is 331 g/mol. The molecule has 1 aromatic rings. The maximum absolute atomic E-state index is 10.9. The lowest BCUT2D eigenvalue weighted by Crippen LogP contribution is -2.44. The standard InChI is InChI=1S/C21H34N2O/c1-8-18(23-11-9-22-10-12-23)15-13-16(20(2,3)4)19(24)17(14-15)21(5,6)7/h8,13-14,18,22,24H,1,9-12H2,2-7H3/t18-/m1/s1. The molecule has 1 fully saturated rings. The zero-order valence-corrected chi connectivity index (χ0v) is 16.2. The van der Waals surface area contributed by atoms with Crippen molar-refractivity contribution in [3.05, 3.63) is 41.5 Å². The van der Waals surface area contributed by atoms with Crippen LogP contribution in [0.4, 0.5) is 0 Å². The van der Waals surface area contributed by atoms with Crippen LogP contribution in [-0.2, 0) is 10.8 Å². The molecule has 0 saturated carbocycles. The van der Waals surface area contributed by atoms with E-state index in [2.05, 4.69) is 70.5 Å². The molecule has 0 aromatic heterocycles. The molecule has 1 saturated heterocycles. The predicted molar refractivity (Wildman–Crippen MR) is 103 cm³/mol. The molecule has 0 amide bonds. The lowest BCUT2D eigenvalue weighted by Gasteiger charge is -2.35. The van der Waals surface area contributed by atoms with Gasteiger partial charge in [-0.15, -0.1) is 6.58 Å². The molecule has 0 spiro atoms. The SMILES string of the molecule is C=C[C@H](c1cc(C(C)(C)C)c(O)c(C(C)(C)C)c1)N1CCNCC1. The number of hydrogen-bond acceptors (Lipinski definition) is 3. The number of benzene rings is 1. The van der Waals surface area contributed by atoms with Gasteiger partial charge in [0.2, 0.25) is 0 Å². The van der Waals surface area contributed by atoms with Crippen molar-refractivity contribution < 1.29 is 5.11 Å². The first-order chi connectivity index (χ1) is 11.1. The Morgan fingerprint density at radius 1 is 1.04 bits per heavy atom. The highest BCUT2D eigenvalue weighted by Gasteiger charge is 2.29. The fourth-order valence-electron chi connectivity index (χ4n) is 3.43. The van der Waals surface area contributed by atoms with Crippen LogP contribution in [0.5, 0.6) is 5.75 Å². The van der Waals surface area contributed by atoms with E-state index in [1.165, 1.54) is 5.56 Å². The van der Waals surface area contributed by atoms with Crippen molar-refractivity contribution in [3.63, 3.8) is 0 Å². The van der Waals surface area contributed by atoms with E-state index < -0.39 is 0 Å². The number of phenols is 1. The molecule has 1 heterocycles. The second kappa shape index (κ2) is 6.89.